The first kappa shape index (κ1) is 12.5. The van der Waals surface area contributed by atoms with E-state index in [9.17, 15) is 0 Å². The highest BCUT2D eigenvalue weighted by Crippen LogP contribution is 2.16. The van der Waals surface area contributed by atoms with E-state index in [4.69, 9.17) is 16.3 Å². The number of methoxy groups -OCH3 is 1. The zero-order valence-electron chi connectivity index (χ0n) is 9.46. The van der Waals surface area contributed by atoms with E-state index in [1.807, 2.05) is 24.3 Å². The highest BCUT2D eigenvalue weighted by atomic mass is 35.5. The Morgan fingerprint density at radius 3 is 2.40 bits per heavy atom. The molecule has 2 nitrogen and oxygen atoms in total. The van der Waals surface area contributed by atoms with Gasteiger partial charge >= 0.3 is 0 Å². The van der Waals surface area contributed by atoms with Crippen molar-refractivity contribution >= 4 is 11.6 Å². The highest BCUT2D eigenvalue weighted by Gasteiger charge is 2.08. The van der Waals surface area contributed by atoms with Crippen LogP contribution in [0, 0.1) is 0 Å². The monoisotopic (exact) mass is 227 g/mol. The molecule has 2 atom stereocenters. The molecule has 0 aliphatic rings. The predicted molar refractivity (Wildman–Crippen MR) is 64.3 cm³/mol. The van der Waals surface area contributed by atoms with Gasteiger partial charge in [-0.2, -0.15) is 0 Å². The molecule has 0 saturated carbocycles. The lowest BCUT2D eigenvalue weighted by Gasteiger charge is -2.19. The molecule has 15 heavy (non-hydrogen) atoms. The average Bonchev–Trinajstić information content (AvgIpc) is 2.18. The van der Waals surface area contributed by atoms with Crippen LogP contribution in [0.1, 0.15) is 25.5 Å². The van der Waals surface area contributed by atoms with Crippen molar-refractivity contribution in [1.29, 1.82) is 0 Å². The van der Waals surface area contributed by atoms with Gasteiger partial charge in [-0.25, -0.2) is 0 Å². The van der Waals surface area contributed by atoms with Crippen molar-refractivity contribution in [3.63, 3.8) is 0 Å². The third-order valence-electron chi connectivity index (χ3n) is 2.32. The van der Waals surface area contributed by atoms with Crippen LogP contribution in [0.2, 0.25) is 5.02 Å². The minimum atomic E-state index is 0.312. The Hall–Kier alpha value is -0.570. The number of ether oxygens (including phenoxy) is 1. The molecule has 0 heterocycles. The molecule has 0 fully saturated rings. The van der Waals surface area contributed by atoms with E-state index < -0.39 is 0 Å². The lowest BCUT2D eigenvalue weighted by molar-refractivity contribution is 0.168. The molecule has 1 unspecified atom stereocenters. The Morgan fingerprint density at radius 1 is 1.27 bits per heavy atom. The Bertz CT molecular complexity index is 286. The minimum Gasteiger partial charge on any atom is -0.383 e. The number of nitrogens with one attached hydrogen (secondary N) is 1. The predicted octanol–water partition coefficient (Wildman–Crippen LogP) is 3.03. The smallest absolute Gasteiger partial charge is 0.0613 e. The fourth-order valence-corrected chi connectivity index (χ4v) is 1.70. The largest absolute Gasteiger partial charge is 0.383 e. The van der Waals surface area contributed by atoms with Crippen molar-refractivity contribution in [2.45, 2.75) is 25.9 Å². The van der Waals surface area contributed by atoms with Crippen LogP contribution in [0.5, 0.6) is 0 Å². The lowest BCUT2D eigenvalue weighted by atomic mass is 10.1. The third-order valence-corrected chi connectivity index (χ3v) is 2.57. The molecule has 0 aliphatic heterocycles. The maximum Gasteiger partial charge on any atom is 0.0613 e. The van der Waals surface area contributed by atoms with Crippen molar-refractivity contribution in [3.05, 3.63) is 34.9 Å². The van der Waals surface area contributed by atoms with Crippen molar-refractivity contribution in [1.82, 2.24) is 5.32 Å². The van der Waals surface area contributed by atoms with E-state index >= 15 is 0 Å². The quantitative estimate of drug-likeness (QED) is 0.835. The minimum absolute atomic E-state index is 0.312. The van der Waals surface area contributed by atoms with Gasteiger partial charge < -0.3 is 10.1 Å². The van der Waals surface area contributed by atoms with Gasteiger partial charge in [-0.15, -0.1) is 0 Å². The van der Waals surface area contributed by atoms with E-state index in [1.165, 1.54) is 5.56 Å². The van der Waals surface area contributed by atoms with Gasteiger partial charge in [0.05, 0.1) is 6.61 Å². The molecular formula is C12H18ClNO. The van der Waals surface area contributed by atoms with Crippen molar-refractivity contribution < 1.29 is 4.74 Å². The second-order valence-electron chi connectivity index (χ2n) is 3.80. The van der Waals surface area contributed by atoms with Crippen LogP contribution in [0.25, 0.3) is 0 Å². The summed E-state index contributed by atoms with van der Waals surface area (Å²) in [6.07, 6.45) is 0. The summed E-state index contributed by atoms with van der Waals surface area (Å²) in [7, 11) is 1.71. The second-order valence-corrected chi connectivity index (χ2v) is 4.23. The molecule has 0 aromatic heterocycles. The third kappa shape index (κ3) is 4.20. The lowest BCUT2D eigenvalue weighted by Crippen LogP contribution is -2.32. The Kier molecular flexibility index (Phi) is 5.09. The van der Waals surface area contributed by atoms with Crippen LogP contribution in [0.4, 0.5) is 0 Å². The summed E-state index contributed by atoms with van der Waals surface area (Å²) in [6.45, 7) is 4.96. The van der Waals surface area contributed by atoms with Gasteiger partial charge in [-0.05, 0) is 31.5 Å². The van der Waals surface area contributed by atoms with Crippen LogP contribution in [0.3, 0.4) is 0 Å². The fourth-order valence-electron chi connectivity index (χ4n) is 1.57. The molecule has 1 aromatic rings. The normalized spacial score (nSPS) is 14.9. The van der Waals surface area contributed by atoms with Crippen LogP contribution in [-0.2, 0) is 4.74 Å². The standard InChI is InChI=1S/C12H18ClNO/c1-9(8-15-3)14-10(2)11-4-6-12(13)7-5-11/h4-7,9-10,14H,8H2,1-3H3/t9?,10-/m0/s1. The van der Waals surface area contributed by atoms with Gasteiger partial charge in [0.25, 0.3) is 0 Å². The van der Waals surface area contributed by atoms with Gasteiger partial charge in [0, 0.05) is 24.2 Å². The van der Waals surface area contributed by atoms with Gasteiger partial charge in [0.15, 0.2) is 0 Å². The van der Waals surface area contributed by atoms with E-state index in [1.54, 1.807) is 7.11 Å². The number of hydrogen-bond donors (Lipinski definition) is 1. The molecule has 0 aliphatic carbocycles. The molecule has 0 saturated heterocycles. The molecule has 0 amide bonds. The molecule has 3 heteroatoms. The SMILES string of the molecule is COCC(C)N[C@@H](C)c1ccc(Cl)cc1. The number of hydrogen-bond acceptors (Lipinski definition) is 2. The van der Waals surface area contributed by atoms with Crippen LogP contribution in [-0.4, -0.2) is 19.8 Å². The summed E-state index contributed by atoms with van der Waals surface area (Å²) in [5.41, 5.74) is 1.24. The van der Waals surface area contributed by atoms with E-state index in [0.717, 1.165) is 11.6 Å². The number of rotatable bonds is 5. The molecule has 1 aromatic carbocycles. The first-order valence-electron chi connectivity index (χ1n) is 5.14. The molecule has 1 N–H and O–H groups in total. The Balaban J connectivity index is 2.53. The van der Waals surface area contributed by atoms with Crippen molar-refractivity contribution in [2.75, 3.05) is 13.7 Å². The molecule has 0 bridgehead atoms. The highest BCUT2D eigenvalue weighted by molar-refractivity contribution is 6.30. The topological polar surface area (TPSA) is 21.3 Å². The maximum absolute atomic E-state index is 5.83. The van der Waals surface area contributed by atoms with Gasteiger partial charge in [0.2, 0.25) is 0 Å². The van der Waals surface area contributed by atoms with Gasteiger partial charge in [0.1, 0.15) is 0 Å². The van der Waals surface area contributed by atoms with E-state index in [0.29, 0.717) is 12.1 Å². The Labute approximate surface area is 96.6 Å². The Morgan fingerprint density at radius 2 is 1.87 bits per heavy atom. The summed E-state index contributed by atoms with van der Waals surface area (Å²) >= 11 is 5.83. The summed E-state index contributed by atoms with van der Waals surface area (Å²) in [6, 6.07) is 8.57. The maximum atomic E-state index is 5.83. The van der Waals surface area contributed by atoms with Crippen LogP contribution in [0.15, 0.2) is 24.3 Å². The van der Waals surface area contributed by atoms with Crippen LogP contribution >= 0.6 is 11.6 Å². The molecule has 84 valence electrons. The summed E-state index contributed by atoms with van der Waals surface area (Å²) in [4.78, 5) is 0. The van der Waals surface area contributed by atoms with Crippen LogP contribution < -0.4 is 5.32 Å². The zero-order valence-corrected chi connectivity index (χ0v) is 10.2. The van der Waals surface area contributed by atoms with E-state index in [2.05, 4.69) is 19.2 Å². The summed E-state index contributed by atoms with van der Waals surface area (Å²) < 4.78 is 5.08. The number of halogens is 1. The second kappa shape index (κ2) is 6.11. The fraction of sp³-hybridized carbons (Fsp3) is 0.500. The van der Waals surface area contributed by atoms with Crippen molar-refractivity contribution in [2.24, 2.45) is 0 Å². The van der Waals surface area contributed by atoms with Crippen molar-refractivity contribution in [3.8, 4) is 0 Å². The zero-order chi connectivity index (χ0) is 11.3. The van der Waals surface area contributed by atoms with Gasteiger partial charge in [-0.1, -0.05) is 23.7 Å². The molecule has 1 rings (SSSR count). The molecular weight excluding hydrogens is 210 g/mol. The average molecular weight is 228 g/mol. The first-order valence-corrected chi connectivity index (χ1v) is 5.51. The molecule has 0 radical (unpaired) electrons. The summed E-state index contributed by atoms with van der Waals surface area (Å²) in [5.74, 6) is 0. The van der Waals surface area contributed by atoms with E-state index in [-0.39, 0.29) is 0 Å². The molecule has 0 spiro atoms. The summed E-state index contributed by atoms with van der Waals surface area (Å²) in [5, 5.41) is 4.22. The first-order chi connectivity index (χ1) is 7.13. The number of benzene rings is 1. The van der Waals surface area contributed by atoms with Gasteiger partial charge in [-0.3, -0.25) is 0 Å².